The molecule has 1 unspecified atom stereocenters. The van der Waals surface area contributed by atoms with Crippen LogP contribution >= 0.6 is 22.9 Å². The van der Waals surface area contributed by atoms with Gasteiger partial charge in [0.15, 0.2) is 19.7 Å². The fraction of sp³-hybridized carbons (Fsp3) is 0.500. The van der Waals surface area contributed by atoms with E-state index in [9.17, 15) is 16.8 Å². The first-order chi connectivity index (χ1) is 12.6. The lowest BCUT2D eigenvalue weighted by molar-refractivity contribution is 0.245. The highest BCUT2D eigenvalue weighted by Gasteiger charge is 2.46. The molecule has 1 N–H and O–H groups in total. The van der Waals surface area contributed by atoms with E-state index in [0.29, 0.717) is 10.9 Å². The first-order valence-corrected chi connectivity index (χ1v) is 12.8. The van der Waals surface area contributed by atoms with Gasteiger partial charge >= 0.3 is 0 Å². The Morgan fingerprint density at radius 2 is 2.07 bits per heavy atom. The number of furan rings is 1. The maximum atomic E-state index is 13.0. The topological polar surface area (TPSA) is 96.7 Å². The van der Waals surface area contributed by atoms with Crippen molar-refractivity contribution in [2.75, 3.05) is 32.1 Å². The third-order valence-corrected chi connectivity index (χ3v) is 10.5. The van der Waals surface area contributed by atoms with Gasteiger partial charge in [0.1, 0.15) is 9.97 Å². The second-order valence-corrected chi connectivity index (χ2v) is 13.0. The van der Waals surface area contributed by atoms with Gasteiger partial charge in [0.05, 0.1) is 33.4 Å². The molecule has 0 bridgehead atoms. The molecule has 0 radical (unpaired) electrons. The van der Waals surface area contributed by atoms with Crippen LogP contribution in [0.4, 0.5) is 0 Å². The Morgan fingerprint density at radius 3 is 2.63 bits per heavy atom. The number of rotatable bonds is 7. The highest BCUT2D eigenvalue weighted by atomic mass is 35.5. The molecule has 0 aliphatic carbocycles. The molecule has 7 nitrogen and oxygen atoms in total. The predicted molar refractivity (Wildman–Crippen MR) is 106 cm³/mol. The molecule has 1 saturated heterocycles. The first kappa shape index (κ1) is 20.8. The maximum Gasteiger partial charge on any atom is 0.193 e. The van der Waals surface area contributed by atoms with Crippen molar-refractivity contribution in [3.63, 3.8) is 0 Å². The normalized spacial score (nSPS) is 23.7. The van der Waals surface area contributed by atoms with Crippen LogP contribution in [0, 0.1) is 0 Å². The molecular weight excluding hydrogens is 432 g/mol. The summed E-state index contributed by atoms with van der Waals surface area (Å²) in [6.07, 6.45) is 1.57. The van der Waals surface area contributed by atoms with Crippen molar-refractivity contribution in [2.45, 2.75) is 21.5 Å². The highest BCUT2D eigenvalue weighted by Crippen LogP contribution is 2.32. The lowest BCUT2D eigenvalue weighted by Crippen LogP contribution is -2.46. The van der Waals surface area contributed by atoms with Crippen molar-refractivity contribution >= 4 is 42.6 Å². The second-order valence-electron chi connectivity index (χ2n) is 6.73. The smallest absolute Gasteiger partial charge is 0.193 e. The largest absolute Gasteiger partial charge is 0.468 e. The van der Waals surface area contributed by atoms with Crippen LogP contribution in [0.5, 0.6) is 0 Å². The zero-order valence-corrected chi connectivity index (χ0v) is 18.0. The van der Waals surface area contributed by atoms with Crippen LogP contribution in [0.2, 0.25) is 4.34 Å². The zero-order valence-electron chi connectivity index (χ0n) is 14.8. The summed E-state index contributed by atoms with van der Waals surface area (Å²) in [4.78, 5) is 1.93. The number of nitrogens with zero attached hydrogens (tertiary/aromatic N) is 1. The molecule has 0 aromatic carbocycles. The van der Waals surface area contributed by atoms with Crippen LogP contribution in [-0.2, 0) is 19.7 Å². The molecule has 3 rings (SSSR count). The van der Waals surface area contributed by atoms with E-state index < -0.39 is 36.7 Å². The van der Waals surface area contributed by atoms with Gasteiger partial charge in [-0.1, -0.05) is 11.6 Å². The Morgan fingerprint density at radius 1 is 1.33 bits per heavy atom. The first-order valence-electron chi connectivity index (χ1n) is 8.23. The van der Waals surface area contributed by atoms with Gasteiger partial charge in [0, 0.05) is 12.6 Å². The highest BCUT2D eigenvalue weighted by molar-refractivity contribution is 7.97. The van der Waals surface area contributed by atoms with Gasteiger partial charge in [0.25, 0.3) is 0 Å². The molecule has 150 valence electrons. The van der Waals surface area contributed by atoms with Gasteiger partial charge in [0.2, 0.25) is 0 Å². The molecule has 2 aromatic rings. The van der Waals surface area contributed by atoms with Gasteiger partial charge in [-0.15, -0.1) is 11.3 Å². The molecule has 2 aromatic heterocycles. The van der Waals surface area contributed by atoms with Crippen LogP contribution in [0.3, 0.4) is 0 Å². The van der Waals surface area contributed by atoms with Gasteiger partial charge in [-0.3, -0.25) is 4.90 Å². The van der Waals surface area contributed by atoms with E-state index in [4.69, 9.17) is 16.0 Å². The van der Waals surface area contributed by atoms with Crippen LogP contribution in [0.25, 0.3) is 0 Å². The van der Waals surface area contributed by atoms with Crippen LogP contribution in [-0.4, -0.2) is 65.2 Å². The fourth-order valence-electron chi connectivity index (χ4n) is 3.19. The van der Waals surface area contributed by atoms with Gasteiger partial charge in [-0.2, -0.15) is 0 Å². The number of likely N-dealkylation sites (N-methyl/N-ethyl adjacent to an activating group) is 1. The quantitative estimate of drug-likeness (QED) is 0.684. The van der Waals surface area contributed by atoms with Gasteiger partial charge in [-0.25, -0.2) is 16.8 Å². The van der Waals surface area contributed by atoms with Crippen molar-refractivity contribution in [1.29, 1.82) is 0 Å². The molecule has 1 fully saturated rings. The van der Waals surface area contributed by atoms with Crippen molar-refractivity contribution < 1.29 is 21.3 Å². The number of sulfone groups is 2. The Balaban J connectivity index is 1.82. The molecule has 11 heteroatoms. The molecule has 0 spiro atoms. The second kappa shape index (κ2) is 7.84. The molecule has 3 atom stereocenters. The van der Waals surface area contributed by atoms with E-state index in [1.165, 1.54) is 12.1 Å². The zero-order chi connectivity index (χ0) is 19.8. The predicted octanol–water partition coefficient (Wildman–Crippen LogP) is 1.83. The van der Waals surface area contributed by atoms with Crippen LogP contribution in [0.15, 0.2) is 39.2 Å². The summed E-state index contributed by atoms with van der Waals surface area (Å²) in [5.74, 6) is 0.113. The molecule has 1 aliphatic heterocycles. The molecule has 27 heavy (non-hydrogen) atoms. The van der Waals surface area contributed by atoms with Crippen LogP contribution in [0.1, 0.15) is 11.8 Å². The maximum absolute atomic E-state index is 13.0. The summed E-state index contributed by atoms with van der Waals surface area (Å²) in [7, 11) is -3.51. The number of halogens is 1. The Labute approximate surface area is 168 Å². The SMILES string of the molecule is CN(C)C(CN[C@H]1CS(=O)(=O)C[C@@H]1S(=O)(=O)c1ccc(Cl)s1)c1ccco1. The Kier molecular flexibility index (Phi) is 6.05. The van der Waals surface area contributed by atoms with E-state index >= 15 is 0 Å². The minimum absolute atomic E-state index is 0.0941. The number of thiophene rings is 1. The summed E-state index contributed by atoms with van der Waals surface area (Å²) < 4.78 is 56.2. The van der Waals surface area contributed by atoms with E-state index in [1.54, 1.807) is 12.3 Å². The van der Waals surface area contributed by atoms with Crippen LogP contribution < -0.4 is 5.32 Å². The number of hydrogen-bond donors (Lipinski definition) is 1. The van der Waals surface area contributed by atoms with Crippen molar-refractivity contribution in [3.05, 3.63) is 40.6 Å². The lowest BCUT2D eigenvalue weighted by atomic mass is 10.2. The summed E-state index contributed by atoms with van der Waals surface area (Å²) in [5, 5.41) is 2.11. The van der Waals surface area contributed by atoms with Crippen molar-refractivity contribution in [2.24, 2.45) is 0 Å². The Bertz CT molecular complexity index is 983. The average molecular weight is 453 g/mol. The lowest BCUT2D eigenvalue weighted by Gasteiger charge is -2.26. The monoisotopic (exact) mass is 452 g/mol. The van der Waals surface area contributed by atoms with E-state index in [0.717, 1.165) is 17.1 Å². The minimum Gasteiger partial charge on any atom is -0.468 e. The van der Waals surface area contributed by atoms with Gasteiger partial charge < -0.3 is 9.73 Å². The van der Waals surface area contributed by atoms with E-state index in [2.05, 4.69) is 5.32 Å². The molecular formula is C16H21ClN2O5S3. The minimum atomic E-state index is -3.80. The average Bonchev–Trinajstić information content (AvgIpc) is 3.28. The molecule has 3 heterocycles. The molecule has 0 saturated carbocycles. The third kappa shape index (κ3) is 4.57. The standard InChI is InChI=1S/C16H21ClN2O5S3/c1-19(2)12(13-4-3-7-24-13)8-18-11-9-26(20,21)10-14(11)27(22,23)16-6-5-15(17)25-16/h3-7,11-12,14,18H,8-10H2,1-2H3/t11-,12?,14-/m0/s1. The van der Waals surface area contributed by atoms with E-state index in [-0.39, 0.29) is 16.0 Å². The molecule has 0 amide bonds. The van der Waals surface area contributed by atoms with Crippen molar-refractivity contribution in [1.82, 2.24) is 10.2 Å². The summed E-state index contributed by atoms with van der Waals surface area (Å²) in [5.41, 5.74) is 0. The van der Waals surface area contributed by atoms with Crippen molar-refractivity contribution in [3.8, 4) is 0 Å². The summed E-state index contributed by atoms with van der Waals surface area (Å²) in [6.45, 7) is 0.359. The molecule has 1 aliphatic rings. The summed E-state index contributed by atoms with van der Waals surface area (Å²) >= 11 is 6.81. The van der Waals surface area contributed by atoms with E-state index in [1.807, 2.05) is 25.1 Å². The number of hydrogen-bond acceptors (Lipinski definition) is 8. The van der Waals surface area contributed by atoms with Gasteiger partial charge in [-0.05, 0) is 38.4 Å². The fourth-order valence-corrected chi connectivity index (χ4v) is 9.62. The number of nitrogens with one attached hydrogen (secondary N) is 1. The summed E-state index contributed by atoms with van der Waals surface area (Å²) in [6, 6.07) is 5.69. The Hall–Kier alpha value is -0.910. The third-order valence-electron chi connectivity index (χ3n) is 4.60.